The molecule has 2 rings (SSSR count). The number of rotatable bonds is 3. The average molecular weight is 232 g/mol. The second-order valence-electron chi connectivity index (χ2n) is 4.21. The van der Waals surface area contributed by atoms with Crippen LogP contribution in [0.5, 0.6) is 0 Å². The van der Waals surface area contributed by atoms with Crippen LogP contribution < -0.4 is 5.32 Å². The van der Waals surface area contributed by atoms with Crippen LogP contribution >= 0.6 is 0 Å². The van der Waals surface area contributed by atoms with E-state index in [0.29, 0.717) is 13.1 Å². The Kier molecular flexibility index (Phi) is 3.54. The van der Waals surface area contributed by atoms with E-state index in [4.69, 9.17) is 0 Å². The first-order valence-electron chi connectivity index (χ1n) is 5.82. The van der Waals surface area contributed by atoms with E-state index in [9.17, 15) is 9.59 Å². The molecule has 1 atom stereocenters. The number of nitrogens with one attached hydrogen (secondary N) is 1. The highest BCUT2D eigenvalue weighted by molar-refractivity contribution is 5.99. The Labute approximate surface area is 101 Å². The van der Waals surface area contributed by atoms with Gasteiger partial charge in [-0.3, -0.25) is 19.8 Å². The van der Waals surface area contributed by atoms with Gasteiger partial charge in [-0.25, -0.2) is 0 Å². The smallest absolute Gasteiger partial charge is 0.240 e. The second kappa shape index (κ2) is 5.10. The molecule has 17 heavy (non-hydrogen) atoms. The summed E-state index contributed by atoms with van der Waals surface area (Å²) in [4.78, 5) is 24.7. The van der Waals surface area contributed by atoms with Gasteiger partial charge in [0.25, 0.3) is 0 Å². The molecule has 4 heteroatoms. The highest BCUT2D eigenvalue weighted by atomic mass is 16.2. The van der Waals surface area contributed by atoms with Crippen molar-refractivity contribution in [2.45, 2.75) is 19.4 Å². The van der Waals surface area contributed by atoms with E-state index in [1.54, 1.807) is 0 Å². The molecule has 90 valence electrons. The van der Waals surface area contributed by atoms with Crippen LogP contribution in [0, 0.1) is 0 Å². The number of nitrogens with zero attached hydrogens (tertiary/aromatic N) is 1. The molecule has 0 bridgehead atoms. The number of benzene rings is 1. The van der Waals surface area contributed by atoms with E-state index < -0.39 is 0 Å². The molecule has 0 spiro atoms. The highest BCUT2D eigenvalue weighted by Crippen LogP contribution is 2.24. The van der Waals surface area contributed by atoms with Crippen molar-refractivity contribution in [3.63, 3.8) is 0 Å². The van der Waals surface area contributed by atoms with Crippen molar-refractivity contribution in [3.05, 3.63) is 35.9 Å². The zero-order chi connectivity index (χ0) is 12.3. The fourth-order valence-corrected chi connectivity index (χ4v) is 2.26. The van der Waals surface area contributed by atoms with Crippen LogP contribution in [0.3, 0.4) is 0 Å². The summed E-state index contributed by atoms with van der Waals surface area (Å²) in [6.07, 6.45) is 0.880. The summed E-state index contributed by atoms with van der Waals surface area (Å²) in [5.41, 5.74) is 1.15. The van der Waals surface area contributed by atoms with Crippen molar-refractivity contribution in [2.24, 2.45) is 0 Å². The quantitative estimate of drug-likeness (QED) is 0.794. The largest absolute Gasteiger partial charge is 0.294 e. The minimum atomic E-state index is -0.212. The van der Waals surface area contributed by atoms with Gasteiger partial charge in [-0.1, -0.05) is 37.3 Å². The van der Waals surface area contributed by atoms with E-state index in [1.807, 2.05) is 35.2 Å². The molecule has 1 saturated heterocycles. The lowest BCUT2D eigenvalue weighted by atomic mass is 10.0. The summed E-state index contributed by atoms with van der Waals surface area (Å²) in [7, 11) is 0. The molecule has 1 N–H and O–H groups in total. The molecule has 1 aromatic carbocycles. The fourth-order valence-electron chi connectivity index (χ4n) is 2.26. The predicted molar refractivity (Wildman–Crippen MR) is 64.2 cm³/mol. The van der Waals surface area contributed by atoms with E-state index >= 15 is 0 Å². The van der Waals surface area contributed by atoms with Crippen molar-refractivity contribution in [1.82, 2.24) is 10.2 Å². The van der Waals surface area contributed by atoms with E-state index in [1.165, 1.54) is 0 Å². The van der Waals surface area contributed by atoms with Crippen molar-refractivity contribution < 1.29 is 9.59 Å². The maximum Gasteiger partial charge on any atom is 0.240 e. The molecular formula is C13H16N2O2. The third-order valence-corrected chi connectivity index (χ3v) is 2.98. The Morgan fingerprint density at radius 2 is 1.76 bits per heavy atom. The molecule has 1 aromatic rings. The third-order valence-electron chi connectivity index (χ3n) is 2.98. The van der Waals surface area contributed by atoms with Crippen LogP contribution in [0.25, 0.3) is 0 Å². The van der Waals surface area contributed by atoms with Gasteiger partial charge in [0.15, 0.2) is 0 Å². The molecule has 1 aliphatic rings. The van der Waals surface area contributed by atoms with Gasteiger partial charge in [-0.15, -0.1) is 0 Å². The van der Waals surface area contributed by atoms with Crippen LogP contribution in [0.2, 0.25) is 0 Å². The predicted octanol–water partition coefficient (Wildman–Crippen LogP) is 1.10. The van der Waals surface area contributed by atoms with E-state index in [0.717, 1.165) is 12.0 Å². The minimum Gasteiger partial charge on any atom is -0.294 e. The number of carbonyl (C=O) groups is 2. The standard InChI is InChI=1S/C13H16N2O2/c1-2-11(10-6-4-3-5-7-10)15-8-12(16)14-13(17)9-15/h3-7,11H,2,8-9H2,1H3,(H,14,16,17). The van der Waals surface area contributed by atoms with Crippen molar-refractivity contribution in [3.8, 4) is 0 Å². The number of hydrogen-bond acceptors (Lipinski definition) is 3. The van der Waals surface area contributed by atoms with Crippen molar-refractivity contribution >= 4 is 11.8 Å². The lowest BCUT2D eigenvalue weighted by Crippen LogP contribution is -2.52. The molecule has 4 nitrogen and oxygen atoms in total. The number of amides is 2. The van der Waals surface area contributed by atoms with Gasteiger partial charge in [0.2, 0.25) is 11.8 Å². The number of carbonyl (C=O) groups excluding carboxylic acids is 2. The van der Waals surface area contributed by atoms with Crippen LogP contribution in [0.15, 0.2) is 30.3 Å². The van der Waals surface area contributed by atoms with Gasteiger partial charge < -0.3 is 0 Å². The number of piperazine rings is 1. The summed E-state index contributed by atoms with van der Waals surface area (Å²) in [5, 5.41) is 2.32. The molecule has 1 fully saturated rings. The van der Waals surface area contributed by atoms with Crippen LogP contribution in [-0.4, -0.2) is 29.8 Å². The van der Waals surface area contributed by atoms with E-state index in [2.05, 4.69) is 12.2 Å². The Morgan fingerprint density at radius 1 is 1.18 bits per heavy atom. The molecule has 0 aromatic heterocycles. The average Bonchev–Trinajstić information content (AvgIpc) is 2.30. The summed E-state index contributed by atoms with van der Waals surface area (Å²) >= 11 is 0. The van der Waals surface area contributed by atoms with Crippen molar-refractivity contribution in [1.29, 1.82) is 0 Å². The van der Waals surface area contributed by atoms with Crippen LogP contribution in [-0.2, 0) is 9.59 Å². The van der Waals surface area contributed by atoms with Gasteiger partial charge in [0.1, 0.15) is 0 Å². The Bertz CT molecular complexity index is 401. The monoisotopic (exact) mass is 232 g/mol. The normalized spacial score (nSPS) is 18.9. The SMILES string of the molecule is CCC(c1ccccc1)N1CC(=O)NC(=O)C1. The molecule has 0 radical (unpaired) electrons. The Hall–Kier alpha value is -1.68. The highest BCUT2D eigenvalue weighted by Gasteiger charge is 2.28. The van der Waals surface area contributed by atoms with Gasteiger partial charge in [-0.2, -0.15) is 0 Å². The molecule has 1 aliphatic heterocycles. The van der Waals surface area contributed by atoms with Crippen LogP contribution in [0.1, 0.15) is 24.9 Å². The zero-order valence-electron chi connectivity index (χ0n) is 9.85. The maximum atomic E-state index is 11.4. The Morgan fingerprint density at radius 3 is 2.29 bits per heavy atom. The number of imide groups is 1. The molecule has 1 unspecified atom stereocenters. The van der Waals surface area contributed by atoms with Gasteiger partial charge >= 0.3 is 0 Å². The second-order valence-corrected chi connectivity index (χ2v) is 4.21. The van der Waals surface area contributed by atoms with Crippen LogP contribution in [0.4, 0.5) is 0 Å². The lowest BCUT2D eigenvalue weighted by Gasteiger charge is -2.32. The first-order valence-corrected chi connectivity index (χ1v) is 5.82. The van der Waals surface area contributed by atoms with Gasteiger partial charge in [0.05, 0.1) is 13.1 Å². The summed E-state index contributed by atoms with van der Waals surface area (Å²) < 4.78 is 0. The first kappa shape index (κ1) is 11.8. The maximum absolute atomic E-state index is 11.4. The molecule has 2 amide bonds. The fraction of sp³-hybridized carbons (Fsp3) is 0.385. The van der Waals surface area contributed by atoms with Gasteiger partial charge in [0, 0.05) is 6.04 Å². The lowest BCUT2D eigenvalue weighted by molar-refractivity contribution is -0.137. The minimum absolute atomic E-state index is 0.131. The summed E-state index contributed by atoms with van der Waals surface area (Å²) in [6, 6.07) is 10.1. The van der Waals surface area contributed by atoms with Crippen molar-refractivity contribution in [2.75, 3.05) is 13.1 Å². The number of hydrogen-bond donors (Lipinski definition) is 1. The first-order chi connectivity index (χ1) is 8.20. The summed E-state index contributed by atoms with van der Waals surface area (Å²) in [6.45, 7) is 2.65. The third kappa shape index (κ3) is 2.71. The molecule has 1 heterocycles. The molecule has 0 saturated carbocycles. The molecule has 0 aliphatic carbocycles. The zero-order valence-corrected chi connectivity index (χ0v) is 9.85. The molecular weight excluding hydrogens is 216 g/mol. The van der Waals surface area contributed by atoms with Gasteiger partial charge in [-0.05, 0) is 12.0 Å². The van der Waals surface area contributed by atoms with E-state index in [-0.39, 0.29) is 17.9 Å². The summed E-state index contributed by atoms with van der Waals surface area (Å²) in [5.74, 6) is -0.425. The topological polar surface area (TPSA) is 49.4 Å². The Balaban J connectivity index is 2.18.